The van der Waals surface area contributed by atoms with E-state index >= 15 is 0 Å². The molecule has 116 valence electrons. The van der Waals surface area contributed by atoms with Crippen LogP contribution in [0, 0.1) is 0 Å². The number of halogens is 1. The summed E-state index contributed by atoms with van der Waals surface area (Å²) in [5.41, 5.74) is 0.589. The van der Waals surface area contributed by atoms with Crippen LogP contribution in [0.25, 0.3) is 0 Å². The number of hydrogen-bond donors (Lipinski definition) is 1. The van der Waals surface area contributed by atoms with Crippen molar-refractivity contribution in [1.29, 1.82) is 0 Å². The molecule has 1 aliphatic rings. The zero-order valence-corrected chi connectivity index (χ0v) is 13.0. The van der Waals surface area contributed by atoms with Gasteiger partial charge >= 0.3 is 0 Å². The van der Waals surface area contributed by atoms with Crippen LogP contribution in [0.3, 0.4) is 0 Å². The van der Waals surface area contributed by atoms with E-state index in [9.17, 15) is 4.79 Å². The smallest absolute Gasteiger partial charge is 0.254 e. The minimum Gasteiger partial charge on any atom is -0.349 e. The van der Waals surface area contributed by atoms with Gasteiger partial charge in [0.1, 0.15) is 0 Å². The standard InChI is InChI=1S/C14H17ClN6O/c1-20-9-10(6-18-20)13(22)19-12-2-4-21(5-3-12)14-16-7-11(15)8-17-14/h6-9,12H,2-5H2,1H3,(H,19,22). The zero-order chi connectivity index (χ0) is 15.5. The van der Waals surface area contributed by atoms with Gasteiger partial charge in [0.2, 0.25) is 5.95 Å². The Balaban J connectivity index is 1.53. The third kappa shape index (κ3) is 3.36. The van der Waals surface area contributed by atoms with Crippen LogP contribution in [0.1, 0.15) is 23.2 Å². The van der Waals surface area contributed by atoms with Gasteiger partial charge in [-0.2, -0.15) is 5.10 Å². The maximum absolute atomic E-state index is 12.1. The predicted octanol–water partition coefficient (Wildman–Crippen LogP) is 1.26. The molecule has 0 spiro atoms. The highest BCUT2D eigenvalue weighted by Crippen LogP contribution is 2.17. The maximum Gasteiger partial charge on any atom is 0.254 e. The van der Waals surface area contributed by atoms with Gasteiger partial charge in [-0.3, -0.25) is 9.48 Å². The second-order valence-electron chi connectivity index (χ2n) is 5.34. The molecule has 1 fully saturated rings. The summed E-state index contributed by atoms with van der Waals surface area (Å²) >= 11 is 5.79. The van der Waals surface area contributed by atoms with Gasteiger partial charge in [0.25, 0.3) is 5.91 Å². The topological polar surface area (TPSA) is 75.9 Å². The summed E-state index contributed by atoms with van der Waals surface area (Å²) < 4.78 is 1.62. The van der Waals surface area contributed by atoms with Gasteiger partial charge < -0.3 is 10.2 Å². The van der Waals surface area contributed by atoms with Crippen molar-refractivity contribution >= 4 is 23.5 Å². The van der Waals surface area contributed by atoms with Crippen molar-refractivity contribution in [3.05, 3.63) is 35.4 Å². The minimum absolute atomic E-state index is 0.0747. The van der Waals surface area contributed by atoms with Crippen LogP contribution in [-0.2, 0) is 7.05 Å². The van der Waals surface area contributed by atoms with Gasteiger partial charge in [0.05, 0.1) is 29.2 Å². The highest BCUT2D eigenvalue weighted by molar-refractivity contribution is 6.30. The summed E-state index contributed by atoms with van der Waals surface area (Å²) in [6.07, 6.45) is 8.20. The summed E-state index contributed by atoms with van der Waals surface area (Å²) in [7, 11) is 1.79. The predicted molar refractivity (Wildman–Crippen MR) is 83.0 cm³/mol. The van der Waals surface area contributed by atoms with Crippen LogP contribution >= 0.6 is 11.6 Å². The van der Waals surface area contributed by atoms with E-state index in [2.05, 4.69) is 25.3 Å². The number of nitrogens with zero attached hydrogens (tertiary/aromatic N) is 5. The minimum atomic E-state index is -0.0747. The molecule has 1 amide bonds. The first-order chi connectivity index (χ1) is 10.6. The average molecular weight is 321 g/mol. The second-order valence-corrected chi connectivity index (χ2v) is 5.78. The Kier molecular flexibility index (Phi) is 4.24. The number of piperidine rings is 1. The Hall–Kier alpha value is -2.15. The van der Waals surface area contributed by atoms with Crippen molar-refractivity contribution in [3.8, 4) is 0 Å². The van der Waals surface area contributed by atoms with Crippen LogP contribution in [0.2, 0.25) is 5.02 Å². The fourth-order valence-electron chi connectivity index (χ4n) is 2.50. The molecule has 0 unspecified atom stereocenters. The van der Waals surface area contributed by atoms with Crippen molar-refractivity contribution in [3.63, 3.8) is 0 Å². The average Bonchev–Trinajstić information content (AvgIpc) is 2.96. The number of amides is 1. The number of hydrogen-bond acceptors (Lipinski definition) is 5. The SMILES string of the molecule is Cn1cc(C(=O)NC2CCN(c3ncc(Cl)cn3)CC2)cn1. The van der Waals surface area contributed by atoms with Gasteiger partial charge in [-0.05, 0) is 12.8 Å². The van der Waals surface area contributed by atoms with E-state index in [0.29, 0.717) is 16.5 Å². The number of anilines is 1. The Bertz CT molecular complexity index is 648. The normalized spacial score (nSPS) is 15.8. The Morgan fingerprint density at radius 1 is 1.27 bits per heavy atom. The maximum atomic E-state index is 12.1. The van der Waals surface area contributed by atoms with E-state index < -0.39 is 0 Å². The first-order valence-electron chi connectivity index (χ1n) is 7.14. The molecule has 8 heteroatoms. The Morgan fingerprint density at radius 2 is 1.95 bits per heavy atom. The van der Waals surface area contributed by atoms with E-state index in [1.165, 1.54) is 0 Å². The highest BCUT2D eigenvalue weighted by atomic mass is 35.5. The first-order valence-corrected chi connectivity index (χ1v) is 7.51. The second kappa shape index (κ2) is 6.31. The Morgan fingerprint density at radius 3 is 2.55 bits per heavy atom. The van der Waals surface area contributed by atoms with Crippen molar-refractivity contribution < 1.29 is 4.79 Å². The lowest BCUT2D eigenvalue weighted by atomic mass is 10.1. The molecule has 0 aliphatic carbocycles. The van der Waals surface area contributed by atoms with E-state index in [1.807, 2.05) is 0 Å². The number of nitrogens with one attached hydrogen (secondary N) is 1. The molecular weight excluding hydrogens is 304 g/mol. The molecule has 1 N–H and O–H groups in total. The van der Waals surface area contributed by atoms with Crippen LogP contribution in [0.15, 0.2) is 24.8 Å². The van der Waals surface area contributed by atoms with Crippen molar-refractivity contribution in [1.82, 2.24) is 25.1 Å². The number of rotatable bonds is 3. The molecule has 1 aliphatic heterocycles. The van der Waals surface area contributed by atoms with Crippen molar-refractivity contribution in [2.24, 2.45) is 7.05 Å². The molecular formula is C14H17ClN6O. The molecule has 2 aromatic heterocycles. The summed E-state index contributed by atoms with van der Waals surface area (Å²) in [6, 6.07) is 0.163. The largest absolute Gasteiger partial charge is 0.349 e. The molecule has 2 aromatic rings. The first kappa shape index (κ1) is 14.8. The van der Waals surface area contributed by atoms with Gasteiger partial charge in [-0.15, -0.1) is 0 Å². The van der Waals surface area contributed by atoms with E-state index in [0.717, 1.165) is 25.9 Å². The van der Waals surface area contributed by atoms with Crippen LogP contribution in [0.4, 0.5) is 5.95 Å². The molecule has 0 atom stereocenters. The van der Waals surface area contributed by atoms with Gasteiger partial charge in [0, 0.05) is 32.4 Å². The van der Waals surface area contributed by atoms with Gasteiger partial charge in [-0.1, -0.05) is 11.6 Å². The highest BCUT2D eigenvalue weighted by Gasteiger charge is 2.22. The quantitative estimate of drug-likeness (QED) is 0.921. The lowest BCUT2D eigenvalue weighted by Crippen LogP contribution is -2.45. The molecule has 7 nitrogen and oxygen atoms in total. The molecule has 0 bridgehead atoms. The number of aromatic nitrogens is 4. The summed E-state index contributed by atoms with van der Waals surface area (Å²) in [4.78, 5) is 22.6. The molecule has 1 saturated heterocycles. The van der Waals surface area contributed by atoms with Crippen LogP contribution in [-0.4, -0.2) is 44.8 Å². The van der Waals surface area contributed by atoms with Crippen LogP contribution < -0.4 is 10.2 Å². The monoisotopic (exact) mass is 320 g/mol. The fraction of sp³-hybridized carbons (Fsp3) is 0.429. The van der Waals surface area contributed by atoms with Crippen molar-refractivity contribution in [2.75, 3.05) is 18.0 Å². The summed E-state index contributed by atoms with van der Waals surface area (Å²) in [5.74, 6) is 0.607. The number of aryl methyl sites for hydroxylation is 1. The molecule has 22 heavy (non-hydrogen) atoms. The van der Waals surface area contributed by atoms with Crippen molar-refractivity contribution in [2.45, 2.75) is 18.9 Å². The third-order valence-corrected chi connectivity index (χ3v) is 3.88. The third-order valence-electron chi connectivity index (χ3n) is 3.69. The summed E-state index contributed by atoms with van der Waals surface area (Å²) in [5, 5.41) is 7.59. The molecule has 3 heterocycles. The molecule has 0 saturated carbocycles. The number of carbonyl (C=O) groups excluding carboxylic acids is 1. The van der Waals surface area contributed by atoms with Gasteiger partial charge in [0.15, 0.2) is 0 Å². The lowest BCUT2D eigenvalue weighted by molar-refractivity contribution is 0.0931. The fourth-order valence-corrected chi connectivity index (χ4v) is 2.60. The summed E-state index contributed by atoms with van der Waals surface area (Å²) in [6.45, 7) is 1.61. The molecule has 0 aromatic carbocycles. The Labute approximate surface area is 133 Å². The van der Waals surface area contributed by atoms with E-state index in [4.69, 9.17) is 11.6 Å². The van der Waals surface area contributed by atoms with E-state index in [1.54, 1.807) is 36.5 Å². The number of carbonyl (C=O) groups is 1. The molecule has 3 rings (SSSR count). The lowest BCUT2D eigenvalue weighted by Gasteiger charge is -2.32. The zero-order valence-electron chi connectivity index (χ0n) is 12.2. The van der Waals surface area contributed by atoms with E-state index in [-0.39, 0.29) is 11.9 Å². The van der Waals surface area contributed by atoms with Gasteiger partial charge in [-0.25, -0.2) is 9.97 Å². The molecule has 0 radical (unpaired) electrons. The van der Waals surface area contributed by atoms with Crippen LogP contribution in [0.5, 0.6) is 0 Å².